The second-order valence-electron chi connectivity index (χ2n) is 0.922. The minimum absolute atomic E-state index is 0.833. The normalized spacial score (nSPS) is 5.44. The first kappa shape index (κ1) is 10.5. The number of rotatable bonds is 1. The van der Waals surface area contributed by atoms with Gasteiger partial charge < -0.3 is 5.11 Å². The van der Waals surface area contributed by atoms with Crippen molar-refractivity contribution in [3.63, 3.8) is 0 Å². The van der Waals surface area contributed by atoms with Gasteiger partial charge >= 0.3 is 0 Å². The zero-order valence-electron chi connectivity index (χ0n) is 5.00. The zero-order valence-corrected chi connectivity index (χ0v) is 5.00. The van der Waals surface area contributed by atoms with E-state index >= 15 is 0 Å². The Morgan fingerprint density at radius 2 is 2.22 bits per heavy atom. The lowest BCUT2D eigenvalue weighted by atomic mass is 10.9. The third kappa shape index (κ3) is 399. The number of nitrogens with zero attached hydrogens (tertiary/aromatic N) is 1. The Labute approximate surface area is 52.5 Å². The summed E-state index contributed by atoms with van der Waals surface area (Å²) < 4.78 is 0. The largest absolute Gasteiger partial charge is 0.481 e. The molecule has 0 saturated carbocycles. The summed E-state index contributed by atoms with van der Waals surface area (Å²) in [4.78, 5) is 21.0. The van der Waals surface area contributed by atoms with Crippen molar-refractivity contribution in [3.05, 3.63) is 12.8 Å². The molecule has 1 N–H and O–H groups in total. The summed E-state index contributed by atoms with van der Waals surface area (Å²) in [6, 6.07) is 0. The predicted molar refractivity (Wildman–Crippen MR) is 31.6 cm³/mol. The van der Waals surface area contributed by atoms with E-state index < -0.39 is 5.97 Å². The van der Waals surface area contributed by atoms with Gasteiger partial charge in [-0.1, -0.05) is 6.58 Å². The molecule has 4 nitrogen and oxygen atoms in total. The van der Waals surface area contributed by atoms with Crippen LogP contribution in [0.3, 0.4) is 0 Å². The molecule has 0 aromatic carbocycles. The highest BCUT2D eigenvalue weighted by atomic mass is 16.4. The second-order valence-corrected chi connectivity index (χ2v) is 0.922. The van der Waals surface area contributed by atoms with Crippen LogP contribution in [-0.4, -0.2) is 17.2 Å². The van der Waals surface area contributed by atoms with E-state index in [2.05, 4.69) is 11.6 Å². The topological polar surface area (TPSA) is 66.7 Å². The number of carbonyl (C=O) groups excluding carboxylic acids is 1. The summed E-state index contributed by atoms with van der Waals surface area (Å²) >= 11 is 0. The molecule has 0 aliphatic rings. The smallest absolute Gasteiger partial charge is 0.300 e. The Balaban J connectivity index is 0. The molecular formula is C5H7NO3. The van der Waals surface area contributed by atoms with Gasteiger partial charge in [-0.3, -0.25) is 4.79 Å². The third-order valence-electron chi connectivity index (χ3n) is 0.144. The molecular weight excluding hydrogens is 122 g/mol. The van der Waals surface area contributed by atoms with E-state index in [4.69, 9.17) is 14.7 Å². The Morgan fingerprint density at radius 3 is 2.22 bits per heavy atom. The van der Waals surface area contributed by atoms with Crippen LogP contribution in [0.5, 0.6) is 0 Å². The number of carbonyl (C=O) groups is 1. The molecule has 9 heavy (non-hydrogen) atoms. The molecule has 0 unspecified atom stereocenters. The summed E-state index contributed by atoms with van der Waals surface area (Å²) in [6.45, 7) is 4.20. The maximum absolute atomic E-state index is 9.04. The molecule has 0 bridgehead atoms. The Kier molecular flexibility index (Phi) is 11.5. The van der Waals surface area contributed by atoms with E-state index in [0.29, 0.717) is 0 Å². The number of aliphatic carboxylic acids is 1. The molecule has 50 valence electrons. The van der Waals surface area contributed by atoms with Gasteiger partial charge in [-0.15, -0.1) is 0 Å². The molecule has 0 rings (SSSR count). The lowest BCUT2D eigenvalue weighted by Gasteiger charge is -1.59. The van der Waals surface area contributed by atoms with E-state index in [-0.39, 0.29) is 0 Å². The van der Waals surface area contributed by atoms with Gasteiger partial charge in [0.1, 0.15) is 0 Å². The molecule has 0 aromatic heterocycles. The Bertz CT molecular complexity index is 131. The van der Waals surface area contributed by atoms with Crippen molar-refractivity contribution in [3.8, 4) is 0 Å². The van der Waals surface area contributed by atoms with Crippen LogP contribution in [0, 0.1) is 0 Å². The molecule has 0 aromatic rings. The van der Waals surface area contributed by atoms with Crippen LogP contribution in [0.15, 0.2) is 17.8 Å². The fraction of sp³-hybridized carbons (Fsp3) is 0.200. The molecule has 0 amide bonds. The summed E-state index contributed by atoms with van der Waals surface area (Å²) in [7, 11) is 0. The third-order valence-corrected chi connectivity index (χ3v) is 0.144. The first-order valence-electron chi connectivity index (χ1n) is 2.02. The van der Waals surface area contributed by atoms with Crippen LogP contribution < -0.4 is 0 Å². The highest BCUT2D eigenvalue weighted by Crippen LogP contribution is 1.52. The average molecular weight is 129 g/mol. The lowest BCUT2D eigenvalue weighted by molar-refractivity contribution is -0.134. The molecule has 0 saturated heterocycles. The van der Waals surface area contributed by atoms with Crippen molar-refractivity contribution >= 4 is 12.0 Å². The summed E-state index contributed by atoms with van der Waals surface area (Å²) in [6.07, 6.45) is 2.41. The van der Waals surface area contributed by atoms with Crippen molar-refractivity contribution in [2.45, 2.75) is 6.92 Å². The maximum Gasteiger partial charge on any atom is 0.300 e. The van der Waals surface area contributed by atoms with Gasteiger partial charge in [0.25, 0.3) is 5.97 Å². The highest BCUT2D eigenvalue weighted by molar-refractivity contribution is 5.62. The standard InChI is InChI=1S/C3H3NO.C2H4O2/c1-2-4-3-5;1-2(3)4/h2H,1H2;1H3,(H,3,4). The van der Waals surface area contributed by atoms with Crippen molar-refractivity contribution in [2.24, 2.45) is 4.99 Å². The van der Waals surface area contributed by atoms with Crippen LogP contribution in [0.1, 0.15) is 6.92 Å². The molecule has 0 spiro atoms. The van der Waals surface area contributed by atoms with Gasteiger partial charge in [0, 0.05) is 13.1 Å². The SMILES string of the molecule is C=CN=C=O.CC(=O)O. The van der Waals surface area contributed by atoms with E-state index in [1.165, 1.54) is 6.08 Å². The molecule has 0 aliphatic heterocycles. The van der Waals surface area contributed by atoms with E-state index in [1.54, 1.807) is 0 Å². The molecule has 0 aliphatic carbocycles. The number of aliphatic imine (C=N–C) groups is 1. The van der Waals surface area contributed by atoms with Gasteiger partial charge in [0.05, 0.1) is 0 Å². The molecule has 0 radical (unpaired) electrons. The quantitative estimate of drug-likeness (QED) is 0.415. The average Bonchev–Trinajstić information content (AvgIpc) is 1.66. The van der Waals surface area contributed by atoms with Crippen LogP contribution in [-0.2, 0) is 9.59 Å². The molecule has 4 heteroatoms. The van der Waals surface area contributed by atoms with Gasteiger partial charge in [0.2, 0.25) is 6.08 Å². The molecule has 0 heterocycles. The van der Waals surface area contributed by atoms with E-state index in [0.717, 1.165) is 13.1 Å². The number of hydrogen-bond donors (Lipinski definition) is 1. The van der Waals surface area contributed by atoms with Crippen LogP contribution >= 0.6 is 0 Å². The van der Waals surface area contributed by atoms with Gasteiger partial charge in [-0.25, -0.2) is 4.79 Å². The summed E-state index contributed by atoms with van der Waals surface area (Å²) in [5, 5.41) is 7.42. The van der Waals surface area contributed by atoms with Crippen molar-refractivity contribution in [1.82, 2.24) is 0 Å². The van der Waals surface area contributed by atoms with Crippen LogP contribution in [0.2, 0.25) is 0 Å². The fourth-order valence-electron chi connectivity index (χ4n) is 0.0373. The summed E-state index contributed by atoms with van der Waals surface area (Å²) in [5.41, 5.74) is 0. The number of hydrogen-bond acceptors (Lipinski definition) is 3. The van der Waals surface area contributed by atoms with Crippen molar-refractivity contribution in [1.29, 1.82) is 0 Å². The number of isocyanates is 1. The highest BCUT2D eigenvalue weighted by Gasteiger charge is 1.65. The Hall–Kier alpha value is -1.41. The van der Waals surface area contributed by atoms with Gasteiger partial charge in [-0.2, -0.15) is 4.99 Å². The molecule has 0 atom stereocenters. The monoisotopic (exact) mass is 129 g/mol. The van der Waals surface area contributed by atoms with Crippen LogP contribution in [0.25, 0.3) is 0 Å². The van der Waals surface area contributed by atoms with Gasteiger partial charge in [-0.05, 0) is 0 Å². The first-order valence-corrected chi connectivity index (χ1v) is 2.02. The van der Waals surface area contributed by atoms with Gasteiger partial charge in [0.15, 0.2) is 0 Å². The Morgan fingerprint density at radius 1 is 1.89 bits per heavy atom. The minimum Gasteiger partial charge on any atom is -0.481 e. The van der Waals surface area contributed by atoms with Crippen molar-refractivity contribution in [2.75, 3.05) is 0 Å². The minimum atomic E-state index is -0.833. The molecule has 0 fully saturated rings. The predicted octanol–water partition coefficient (Wildman–Crippen LogP) is 0.557. The fourth-order valence-corrected chi connectivity index (χ4v) is 0.0373. The van der Waals surface area contributed by atoms with Crippen LogP contribution in [0.4, 0.5) is 0 Å². The number of carboxylic acids is 1. The lowest BCUT2D eigenvalue weighted by Crippen LogP contribution is -1.78. The first-order chi connectivity index (χ1) is 4.15. The maximum atomic E-state index is 9.04. The summed E-state index contributed by atoms with van der Waals surface area (Å²) in [5.74, 6) is -0.833. The zero-order chi connectivity index (χ0) is 7.70. The number of carboxylic acid groups (broad SMARTS) is 1. The van der Waals surface area contributed by atoms with Crippen molar-refractivity contribution < 1.29 is 14.7 Å². The second kappa shape index (κ2) is 9.77. The van der Waals surface area contributed by atoms with E-state index in [9.17, 15) is 0 Å². The van der Waals surface area contributed by atoms with E-state index in [1.807, 2.05) is 0 Å².